The van der Waals surface area contributed by atoms with Crippen LogP contribution in [0.2, 0.25) is 0 Å². The van der Waals surface area contributed by atoms with Crippen molar-refractivity contribution in [2.75, 3.05) is 36.0 Å². The molecule has 0 bridgehead atoms. The van der Waals surface area contributed by atoms with Crippen molar-refractivity contribution in [1.82, 2.24) is 19.5 Å². The highest BCUT2D eigenvalue weighted by Crippen LogP contribution is 2.31. The van der Waals surface area contributed by atoms with E-state index in [1.54, 1.807) is 48.4 Å². The molecule has 0 amide bonds. The molecular formula is C20H21N7O3. The SMILES string of the molecule is Cn1ccnc1C(=O)c1ccc(N2CCCN(c3ncccn3)CC2)c([N+](=O)[O-])c1. The summed E-state index contributed by atoms with van der Waals surface area (Å²) in [5.41, 5.74) is 0.667. The molecule has 0 unspecified atom stereocenters. The van der Waals surface area contributed by atoms with Gasteiger partial charge in [-0.15, -0.1) is 0 Å². The molecular weight excluding hydrogens is 386 g/mol. The first-order valence-corrected chi connectivity index (χ1v) is 9.62. The smallest absolute Gasteiger partial charge is 0.293 e. The predicted octanol–water partition coefficient (Wildman–Crippen LogP) is 2.07. The van der Waals surface area contributed by atoms with Gasteiger partial charge in [-0.05, 0) is 24.6 Å². The number of nitrogens with zero attached hydrogens (tertiary/aromatic N) is 7. The molecule has 1 fully saturated rings. The van der Waals surface area contributed by atoms with Crippen LogP contribution in [0.3, 0.4) is 0 Å². The minimum Gasteiger partial charge on any atom is -0.364 e. The van der Waals surface area contributed by atoms with Gasteiger partial charge in [0.1, 0.15) is 5.69 Å². The first kappa shape index (κ1) is 19.5. The van der Waals surface area contributed by atoms with E-state index in [0.717, 1.165) is 13.0 Å². The summed E-state index contributed by atoms with van der Waals surface area (Å²) in [5, 5.41) is 11.8. The molecule has 3 aromatic rings. The second-order valence-electron chi connectivity index (χ2n) is 7.03. The van der Waals surface area contributed by atoms with Crippen LogP contribution >= 0.6 is 0 Å². The number of hydrogen-bond donors (Lipinski definition) is 0. The van der Waals surface area contributed by atoms with Gasteiger partial charge in [0.05, 0.1) is 4.92 Å². The van der Waals surface area contributed by atoms with Gasteiger partial charge >= 0.3 is 0 Å². The second kappa shape index (κ2) is 8.27. The number of aryl methyl sites for hydroxylation is 1. The van der Waals surface area contributed by atoms with Gasteiger partial charge in [0.25, 0.3) is 5.69 Å². The molecule has 10 nitrogen and oxygen atoms in total. The van der Waals surface area contributed by atoms with E-state index in [-0.39, 0.29) is 22.9 Å². The van der Waals surface area contributed by atoms with Gasteiger partial charge in [-0.2, -0.15) is 0 Å². The Morgan fingerprint density at radius 3 is 2.47 bits per heavy atom. The summed E-state index contributed by atoms with van der Waals surface area (Å²) in [5.74, 6) is 0.551. The van der Waals surface area contributed by atoms with Gasteiger partial charge in [0, 0.05) is 69.6 Å². The Hall–Kier alpha value is -3.82. The van der Waals surface area contributed by atoms with Crippen molar-refractivity contribution in [2.24, 2.45) is 7.05 Å². The third-order valence-corrected chi connectivity index (χ3v) is 5.13. The first-order valence-electron chi connectivity index (χ1n) is 9.62. The van der Waals surface area contributed by atoms with Crippen molar-refractivity contribution >= 4 is 23.1 Å². The van der Waals surface area contributed by atoms with Crippen LogP contribution in [0.4, 0.5) is 17.3 Å². The van der Waals surface area contributed by atoms with Crippen LogP contribution < -0.4 is 9.80 Å². The molecule has 0 spiro atoms. The van der Waals surface area contributed by atoms with E-state index in [1.165, 1.54) is 12.3 Å². The number of rotatable bonds is 5. The number of nitro benzene ring substituents is 1. The summed E-state index contributed by atoms with van der Waals surface area (Å²) in [6, 6.07) is 6.39. The molecule has 1 aromatic carbocycles. The third kappa shape index (κ3) is 3.84. The number of nitro groups is 1. The Labute approximate surface area is 173 Å². The Bertz CT molecular complexity index is 1070. The van der Waals surface area contributed by atoms with Crippen molar-refractivity contribution in [1.29, 1.82) is 0 Å². The monoisotopic (exact) mass is 407 g/mol. The summed E-state index contributed by atoms with van der Waals surface area (Å²) >= 11 is 0. The molecule has 154 valence electrons. The fraction of sp³-hybridized carbons (Fsp3) is 0.300. The largest absolute Gasteiger partial charge is 0.364 e. The maximum Gasteiger partial charge on any atom is 0.293 e. The van der Waals surface area contributed by atoms with E-state index in [9.17, 15) is 14.9 Å². The van der Waals surface area contributed by atoms with E-state index >= 15 is 0 Å². The van der Waals surface area contributed by atoms with Crippen LogP contribution in [0.1, 0.15) is 22.6 Å². The molecule has 3 heterocycles. The Balaban J connectivity index is 1.58. The number of benzene rings is 1. The summed E-state index contributed by atoms with van der Waals surface area (Å²) in [4.78, 5) is 40.7. The lowest BCUT2D eigenvalue weighted by Gasteiger charge is -2.23. The number of carbonyl (C=O) groups excluding carboxylic acids is 1. The van der Waals surface area contributed by atoms with Gasteiger partial charge in [0.15, 0.2) is 5.82 Å². The fourth-order valence-corrected chi connectivity index (χ4v) is 3.60. The first-order chi connectivity index (χ1) is 14.5. The van der Waals surface area contributed by atoms with Crippen molar-refractivity contribution in [2.45, 2.75) is 6.42 Å². The lowest BCUT2D eigenvalue weighted by molar-refractivity contribution is -0.384. The Kier molecular flexibility index (Phi) is 5.38. The number of hydrogen-bond acceptors (Lipinski definition) is 8. The molecule has 1 aliphatic rings. The molecule has 30 heavy (non-hydrogen) atoms. The quantitative estimate of drug-likeness (QED) is 0.359. The van der Waals surface area contributed by atoms with E-state index in [1.807, 2.05) is 4.90 Å². The molecule has 0 radical (unpaired) electrons. The number of carbonyl (C=O) groups is 1. The van der Waals surface area contributed by atoms with Crippen molar-refractivity contribution in [3.63, 3.8) is 0 Å². The third-order valence-electron chi connectivity index (χ3n) is 5.13. The molecule has 1 aliphatic heterocycles. The van der Waals surface area contributed by atoms with Gasteiger partial charge in [-0.1, -0.05) is 0 Å². The summed E-state index contributed by atoms with van der Waals surface area (Å²) in [6.07, 6.45) is 7.40. The lowest BCUT2D eigenvalue weighted by Crippen LogP contribution is -2.32. The average molecular weight is 407 g/mol. The van der Waals surface area contributed by atoms with Crippen molar-refractivity contribution in [3.8, 4) is 0 Å². The molecule has 0 atom stereocenters. The zero-order valence-corrected chi connectivity index (χ0v) is 16.5. The number of imidazole rings is 1. The molecule has 10 heteroatoms. The highest BCUT2D eigenvalue weighted by atomic mass is 16.6. The van der Waals surface area contributed by atoms with E-state index < -0.39 is 4.92 Å². The van der Waals surface area contributed by atoms with Gasteiger partial charge in [-0.3, -0.25) is 14.9 Å². The minimum atomic E-state index is -0.437. The van der Waals surface area contributed by atoms with Gasteiger partial charge < -0.3 is 14.4 Å². The van der Waals surface area contributed by atoms with Crippen molar-refractivity contribution in [3.05, 3.63) is 70.6 Å². The van der Waals surface area contributed by atoms with E-state index in [0.29, 0.717) is 31.3 Å². The standard InChI is InChI=1S/C20H21N7O3/c1-24-11-8-21-19(24)18(28)15-4-5-16(17(14-15)27(29)30)25-9-3-10-26(13-12-25)20-22-6-2-7-23-20/h2,4-8,11,14H,3,9-10,12-13H2,1H3. The maximum absolute atomic E-state index is 12.7. The molecule has 0 aliphatic carbocycles. The Morgan fingerprint density at radius 2 is 1.77 bits per heavy atom. The molecule has 4 rings (SSSR count). The van der Waals surface area contributed by atoms with Gasteiger partial charge in [-0.25, -0.2) is 15.0 Å². The topological polar surface area (TPSA) is 110 Å². The number of anilines is 2. The predicted molar refractivity (Wildman–Crippen MR) is 111 cm³/mol. The summed E-state index contributed by atoms with van der Waals surface area (Å²) in [6.45, 7) is 2.67. The van der Waals surface area contributed by atoms with E-state index in [4.69, 9.17) is 0 Å². The van der Waals surface area contributed by atoms with Crippen LogP contribution in [-0.4, -0.2) is 56.4 Å². The zero-order chi connectivity index (χ0) is 21.1. The highest BCUT2D eigenvalue weighted by Gasteiger charge is 2.25. The molecule has 0 saturated carbocycles. The van der Waals surface area contributed by atoms with Crippen molar-refractivity contribution < 1.29 is 9.72 Å². The zero-order valence-electron chi connectivity index (χ0n) is 16.5. The molecule has 2 aromatic heterocycles. The van der Waals surface area contributed by atoms with Gasteiger partial charge in [0.2, 0.25) is 11.7 Å². The molecule has 1 saturated heterocycles. The summed E-state index contributed by atoms with van der Waals surface area (Å²) in [7, 11) is 1.71. The normalized spacial score (nSPS) is 14.4. The van der Waals surface area contributed by atoms with Crippen LogP contribution in [-0.2, 0) is 7.05 Å². The lowest BCUT2D eigenvalue weighted by atomic mass is 10.1. The van der Waals surface area contributed by atoms with Crippen LogP contribution in [0.15, 0.2) is 49.1 Å². The highest BCUT2D eigenvalue weighted by molar-refractivity contribution is 6.07. The Morgan fingerprint density at radius 1 is 1.03 bits per heavy atom. The number of ketones is 1. The minimum absolute atomic E-state index is 0.0838. The number of aromatic nitrogens is 4. The molecule has 0 N–H and O–H groups in total. The fourth-order valence-electron chi connectivity index (χ4n) is 3.60. The summed E-state index contributed by atoms with van der Waals surface area (Å²) < 4.78 is 1.59. The van der Waals surface area contributed by atoms with Crippen LogP contribution in [0.5, 0.6) is 0 Å². The average Bonchev–Trinajstić information content (AvgIpc) is 3.05. The van der Waals surface area contributed by atoms with Crippen LogP contribution in [0, 0.1) is 10.1 Å². The second-order valence-corrected chi connectivity index (χ2v) is 7.03. The van der Waals surface area contributed by atoms with E-state index in [2.05, 4.69) is 19.9 Å². The maximum atomic E-state index is 12.7. The van der Waals surface area contributed by atoms with Crippen LogP contribution in [0.25, 0.3) is 0 Å².